The number of carboxylic acid groups (broad SMARTS) is 1. The van der Waals surface area contributed by atoms with Crippen molar-refractivity contribution in [3.8, 4) is 11.8 Å². The summed E-state index contributed by atoms with van der Waals surface area (Å²) >= 11 is 0. The Morgan fingerprint density at radius 2 is 2.00 bits per heavy atom. The van der Waals surface area contributed by atoms with E-state index < -0.39 is 11.4 Å². The van der Waals surface area contributed by atoms with Gasteiger partial charge in [-0.05, 0) is 13.1 Å². The molecule has 3 heterocycles. The fraction of sp³-hybridized carbons (Fsp3) is 0.562. The molecular formula is C16H21N3O5. The number of aromatic nitrogens is 1. The summed E-state index contributed by atoms with van der Waals surface area (Å²) in [5.41, 5.74) is -0.579. The van der Waals surface area contributed by atoms with Gasteiger partial charge in [0.25, 0.3) is 5.91 Å². The van der Waals surface area contributed by atoms with Gasteiger partial charge in [0, 0.05) is 38.2 Å². The van der Waals surface area contributed by atoms with Crippen molar-refractivity contribution < 1.29 is 24.2 Å². The van der Waals surface area contributed by atoms with Crippen LogP contribution in [0.1, 0.15) is 10.4 Å². The van der Waals surface area contributed by atoms with E-state index in [9.17, 15) is 14.7 Å². The molecule has 0 aromatic carbocycles. The van der Waals surface area contributed by atoms with E-state index in [4.69, 9.17) is 9.47 Å². The number of hydrogen-bond donors (Lipinski definition) is 1. The lowest BCUT2D eigenvalue weighted by Crippen LogP contribution is -2.41. The van der Waals surface area contributed by atoms with E-state index >= 15 is 0 Å². The summed E-state index contributed by atoms with van der Waals surface area (Å²) < 4.78 is 10.2. The van der Waals surface area contributed by atoms with Crippen LogP contribution >= 0.6 is 0 Å². The SMILES string of the molecule is COc1ccc(C(=O)N2C[C@@H]3CN(C)C[C@]3(C(=O)O)C2)c(OC)n1. The number of methoxy groups -OCH3 is 2. The zero-order chi connectivity index (χ0) is 17.5. The van der Waals surface area contributed by atoms with Crippen LogP contribution in [0.15, 0.2) is 12.1 Å². The summed E-state index contributed by atoms with van der Waals surface area (Å²) in [6.45, 7) is 1.75. The number of carbonyl (C=O) groups excluding carboxylic acids is 1. The maximum atomic E-state index is 12.9. The van der Waals surface area contributed by atoms with Gasteiger partial charge in [-0.15, -0.1) is 0 Å². The molecule has 8 nitrogen and oxygen atoms in total. The number of aliphatic carboxylic acids is 1. The van der Waals surface area contributed by atoms with Crippen LogP contribution in [-0.2, 0) is 4.79 Å². The first-order chi connectivity index (χ1) is 11.4. The first kappa shape index (κ1) is 16.5. The van der Waals surface area contributed by atoms with Gasteiger partial charge in [-0.25, -0.2) is 0 Å². The number of nitrogens with zero attached hydrogens (tertiary/aromatic N) is 3. The Morgan fingerprint density at radius 3 is 2.58 bits per heavy atom. The van der Waals surface area contributed by atoms with Crippen LogP contribution in [0.4, 0.5) is 0 Å². The van der Waals surface area contributed by atoms with Crippen LogP contribution in [0, 0.1) is 11.3 Å². The third-order valence-electron chi connectivity index (χ3n) is 4.96. The van der Waals surface area contributed by atoms with Crippen LogP contribution in [0.5, 0.6) is 11.8 Å². The molecule has 2 aliphatic heterocycles. The third-order valence-corrected chi connectivity index (χ3v) is 4.96. The summed E-state index contributed by atoms with van der Waals surface area (Å²) in [7, 11) is 4.83. The molecular weight excluding hydrogens is 314 g/mol. The predicted octanol–water partition coefficient (Wildman–Crippen LogP) is 0.187. The van der Waals surface area contributed by atoms with Crippen molar-refractivity contribution in [1.82, 2.24) is 14.8 Å². The molecule has 130 valence electrons. The lowest BCUT2D eigenvalue weighted by molar-refractivity contribution is -0.148. The second kappa shape index (κ2) is 5.94. The van der Waals surface area contributed by atoms with Crippen molar-refractivity contribution in [2.45, 2.75) is 0 Å². The number of likely N-dealkylation sites (tertiary alicyclic amines) is 2. The van der Waals surface area contributed by atoms with Gasteiger partial charge in [0.05, 0.1) is 14.2 Å². The van der Waals surface area contributed by atoms with Gasteiger partial charge in [0.2, 0.25) is 11.8 Å². The molecule has 0 saturated carbocycles. The Kier molecular flexibility index (Phi) is 4.08. The average molecular weight is 335 g/mol. The summed E-state index contributed by atoms with van der Waals surface area (Å²) in [6, 6.07) is 3.19. The first-order valence-electron chi connectivity index (χ1n) is 7.71. The minimum Gasteiger partial charge on any atom is -0.481 e. The summed E-state index contributed by atoms with van der Waals surface area (Å²) in [5, 5.41) is 9.71. The quantitative estimate of drug-likeness (QED) is 0.839. The van der Waals surface area contributed by atoms with Gasteiger partial charge in [-0.1, -0.05) is 0 Å². The van der Waals surface area contributed by atoms with Gasteiger partial charge in [-0.3, -0.25) is 9.59 Å². The maximum absolute atomic E-state index is 12.9. The highest BCUT2D eigenvalue weighted by Crippen LogP contribution is 2.43. The van der Waals surface area contributed by atoms with Gasteiger partial charge in [0.15, 0.2) is 0 Å². The van der Waals surface area contributed by atoms with Crippen molar-refractivity contribution in [3.05, 3.63) is 17.7 Å². The smallest absolute Gasteiger partial charge is 0.313 e. The Bertz CT molecular complexity index is 680. The number of carbonyl (C=O) groups is 2. The second-order valence-electron chi connectivity index (χ2n) is 6.45. The Balaban J connectivity index is 1.86. The Morgan fingerprint density at radius 1 is 1.25 bits per heavy atom. The lowest BCUT2D eigenvalue weighted by Gasteiger charge is -2.24. The molecule has 1 N–H and O–H groups in total. The number of hydrogen-bond acceptors (Lipinski definition) is 6. The molecule has 0 spiro atoms. The molecule has 0 unspecified atom stereocenters. The van der Waals surface area contributed by atoms with E-state index in [1.165, 1.54) is 14.2 Å². The standard InChI is InChI=1S/C16H21N3O5/c1-18-6-10-7-19(9-16(10,8-18)15(21)22)14(20)11-4-5-12(23-2)17-13(11)24-3/h4-5,10H,6-9H2,1-3H3,(H,21,22)/t10-,16-/m0/s1. The number of rotatable bonds is 4. The lowest BCUT2D eigenvalue weighted by atomic mass is 9.81. The molecule has 2 fully saturated rings. The Labute approximate surface area is 140 Å². The molecule has 1 aromatic rings. The molecule has 1 aromatic heterocycles. The van der Waals surface area contributed by atoms with Crippen molar-refractivity contribution in [2.24, 2.45) is 11.3 Å². The minimum absolute atomic E-state index is 0.0684. The number of pyridine rings is 1. The Hall–Kier alpha value is -2.35. The number of fused-ring (bicyclic) bond motifs is 1. The topological polar surface area (TPSA) is 92.2 Å². The summed E-state index contributed by atoms with van der Waals surface area (Å²) in [4.78, 5) is 32.4. The second-order valence-corrected chi connectivity index (χ2v) is 6.45. The molecule has 0 bridgehead atoms. The van der Waals surface area contributed by atoms with E-state index in [0.717, 1.165) is 0 Å². The highest BCUT2D eigenvalue weighted by molar-refractivity contribution is 5.97. The van der Waals surface area contributed by atoms with Crippen molar-refractivity contribution in [2.75, 3.05) is 47.4 Å². The van der Waals surface area contributed by atoms with Crippen LogP contribution < -0.4 is 9.47 Å². The van der Waals surface area contributed by atoms with Gasteiger partial charge < -0.3 is 24.4 Å². The van der Waals surface area contributed by atoms with Gasteiger partial charge >= 0.3 is 5.97 Å². The molecule has 2 atom stereocenters. The molecule has 2 saturated heterocycles. The van der Waals surface area contributed by atoms with Crippen LogP contribution in [-0.4, -0.2) is 79.2 Å². The van der Waals surface area contributed by atoms with E-state index in [-0.39, 0.29) is 24.2 Å². The largest absolute Gasteiger partial charge is 0.481 e. The highest BCUT2D eigenvalue weighted by Gasteiger charge is 2.57. The van der Waals surface area contributed by atoms with Crippen molar-refractivity contribution >= 4 is 11.9 Å². The van der Waals surface area contributed by atoms with Crippen molar-refractivity contribution in [3.63, 3.8) is 0 Å². The van der Waals surface area contributed by atoms with E-state index in [1.54, 1.807) is 17.0 Å². The number of ether oxygens (including phenoxy) is 2. The zero-order valence-corrected chi connectivity index (χ0v) is 14.0. The third kappa shape index (κ3) is 2.47. The van der Waals surface area contributed by atoms with E-state index in [1.807, 2.05) is 11.9 Å². The molecule has 0 aliphatic carbocycles. The molecule has 3 rings (SSSR count). The minimum atomic E-state index is -0.891. The fourth-order valence-electron chi connectivity index (χ4n) is 3.80. The summed E-state index contributed by atoms with van der Waals surface area (Å²) in [6.07, 6.45) is 0. The number of carboxylic acids is 1. The molecule has 8 heteroatoms. The molecule has 1 amide bonds. The average Bonchev–Trinajstić information content (AvgIpc) is 3.07. The molecule has 2 aliphatic rings. The molecule has 0 radical (unpaired) electrons. The van der Waals surface area contributed by atoms with Crippen LogP contribution in [0.2, 0.25) is 0 Å². The van der Waals surface area contributed by atoms with Gasteiger partial charge in [0.1, 0.15) is 11.0 Å². The van der Waals surface area contributed by atoms with Crippen molar-refractivity contribution in [1.29, 1.82) is 0 Å². The monoisotopic (exact) mass is 335 g/mol. The van der Waals surface area contributed by atoms with E-state index in [0.29, 0.717) is 31.1 Å². The van der Waals surface area contributed by atoms with Gasteiger partial charge in [-0.2, -0.15) is 4.98 Å². The van der Waals surface area contributed by atoms with Crippen LogP contribution in [0.25, 0.3) is 0 Å². The fourth-order valence-corrected chi connectivity index (χ4v) is 3.80. The summed E-state index contributed by atoms with van der Waals surface area (Å²) in [5.74, 6) is -0.643. The predicted molar refractivity (Wildman–Crippen MR) is 84.3 cm³/mol. The normalized spacial score (nSPS) is 26.3. The van der Waals surface area contributed by atoms with E-state index in [2.05, 4.69) is 4.98 Å². The van der Waals surface area contributed by atoms with Crippen LogP contribution in [0.3, 0.4) is 0 Å². The number of amides is 1. The molecule has 24 heavy (non-hydrogen) atoms. The highest BCUT2D eigenvalue weighted by atomic mass is 16.5. The zero-order valence-electron chi connectivity index (χ0n) is 14.0. The maximum Gasteiger partial charge on any atom is 0.313 e. The first-order valence-corrected chi connectivity index (χ1v) is 7.71.